The Balaban J connectivity index is 0.00000400. The number of rotatable bonds is 15. The van der Waals surface area contributed by atoms with Crippen LogP contribution < -0.4 is 104 Å². The number of methoxy groups -OCH3 is 1. The maximum Gasteiger partial charge on any atom is 1.00 e. The molecule has 0 unspecified atom stereocenters. The zero-order valence-corrected chi connectivity index (χ0v) is 41.4. The molecule has 1 heterocycles. The van der Waals surface area contributed by atoms with Crippen molar-refractivity contribution in [2.45, 2.75) is 21.6 Å². The topological polar surface area (TPSA) is 323 Å². The largest absolute Gasteiger partial charge is 1.00 e. The van der Waals surface area contributed by atoms with Gasteiger partial charge in [-0.05, 0) is 84.6 Å². The monoisotopic (exact) mass is 939 g/mol. The summed E-state index contributed by atoms with van der Waals surface area (Å²) in [5, 5.41) is 20.8. The summed E-state index contributed by atoms with van der Waals surface area (Å²) in [6.45, 7) is 0.951. The first-order valence-electron chi connectivity index (χ1n) is 15.3. The van der Waals surface area contributed by atoms with Crippen molar-refractivity contribution < 1.29 is 150 Å². The Morgan fingerprint density at radius 3 is 2.12 bits per heavy atom. The van der Waals surface area contributed by atoms with E-state index in [9.17, 15) is 52.4 Å². The number of hydrogen-bond donors (Lipinski definition) is 2. The summed E-state index contributed by atoms with van der Waals surface area (Å²) in [5.74, 6) is -1.88. The SMILES string of the molecule is CCN(c1cccc(S(=O)(=O)CCOS(=O)(=O)[O-])c1)c1nc(Cl)nc(Nc2ccc3c(O)c(N=Nc4ccc(OC)cc4S(=O)(=O)[O-])c(S(=O)(=O)[O-])cc3c2)n1.[Na+].[Na+].[Na+]. The second-order valence-electron chi connectivity index (χ2n) is 11.1. The number of phenolic OH excluding ortho intramolecular Hbond substituents is 1. The van der Waals surface area contributed by atoms with E-state index in [0.717, 1.165) is 18.2 Å². The predicted molar refractivity (Wildman–Crippen MR) is 194 cm³/mol. The summed E-state index contributed by atoms with van der Waals surface area (Å²) in [7, 11) is -18.5. The van der Waals surface area contributed by atoms with Crippen molar-refractivity contribution in [2.24, 2.45) is 10.2 Å². The van der Waals surface area contributed by atoms with Gasteiger partial charge >= 0.3 is 88.7 Å². The first kappa shape index (κ1) is 53.0. The molecule has 0 aliphatic heterocycles. The van der Waals surface area contributed by atoms with Gasteiger partial charge in [-0.15, -0.1) is 10.2 Å². The molecule has 0 spiro atoms. The molecule has 1 aromatic heterocycles. The van der Waals surface area contributed by atoms with Gasteiger partial charge in [0.25, 0.3) is 0 Å². The average Bonchev–Trinajstić information content (AvgIpc) is 3.10. The standard InChI is InChI=1S/C30H28ClN7O14S4.3Na/c1-3-38(19-5-4-6-21(15-19)53(40,41)12-11-52-56(48,49)50)30-34-28(31)33-29(35-30)32-18-7-9-22-17(13-18)14-25(55(45,46)47)26(27(22)39)37-36-23-10-8-20(51-2)16-24(23)54(42,43)44;;;/h4-10,13-16,39H,3,11-12H2,1-2H3,(H,42,43,44)(H,45,46,47)(H,48,49,50)(H,32,33,34,35);;;/q;3*+1/p-3. The molecule has 0 fully saturated rings. The smallest absolute Gasteiger partial charge is 0.744 e. The van der Waals surface area contributed by atoms with Gasteiger partial charge in [0.1, 0.15) is 37.4 Å². The fraction of sp³-hybridized carbons (Fsp3) is 0.167. The number of aromatic hydroxyl groups is 1. The zero-order valence-electron chi connectivity index (χ0n) is 31.4. The van der Waals surface area contributed by atoms with Crippen LogP contribution in [0.3, 0.4) is 0 Å². The number of nitrogens with zero attached hydrogens (tertiary/aromatic N) is 6. The van der Waals surface area contributed by atoms with E-state index in [4.69, 9.17) is 16.3 Å². The first-order valence-corrected chi connectivity index (χ1v) is 21.5. The fourth-order valence-corrected chi connectivity index (χ4v) is 7.96. The van der Waals surface area contributed by atoms with Gasteiger partial charge in [-0.25, -0.2) is 33.7 Å². The number of fused-ring (bicyclic) bond motifs is 1. The molecule has 5 rings (SSSR count). The van der Waals surface area contributed by atoms with Crippen LogP contribution in [-0.4, -0.2) is 93.4 Å². The van der Waals surface area contributed by atoms with E-state index in [2.05, 4.69) is 34.7 Å². The van der Waals surface area contributed by atoms with Crippen molar-refractivity contribution in [3.8, 4) is 11.5 Å². The Labute approximate surface area is 409 Å². The molecule has 0 amide bonds. The van der Waals surface area contributed by atoms with Gasteiger partial charge in [0.15, 0.2) is 15.6 Å². The number of ether oxygens (including phenoxy) is 1. The third kappa shape index (κ3) is 13.7. The van der Waals surface area contributed by atoms with Crippen LogP contribution in [0.5, 0.6) is 11.5 Å². The summed E-state index contributed by atoms with van der Waals surface area (Å²) in [4.78, 5) is 11.8. The Hall–Kier alpha value is -2.12. The number of halogens is 1. The van der Waals surface area contributed by atoms with Crippen LogP contribution in [0, 0.1) is 0 Å². The maximum atomic E-state index is 12.8. The molecular weight excluding hydrogens is 915 g/mol. The minimum Gasteiger partial charge on any atom is -0.744 e. The molecule has 0 bridgehead atoms. The number of anilines is 4. The fourth-order valence-electron chi connectivity index (χ4n) is 5.02. The van der Waals surface area contributed by atoms with Crippen molar-refractivity contribution in [3.63, 3.8) is 0 Å². The summed E-state index contributed by atoms with van der Waals surface area (Å²) in [6.07, 6.45) is 0. The minimum atomic E-state index is -5.37. The second kappa shape index (κ2) is 21.3. The summed E-state index contributed by atoms with van der Waals surface area (Å²) in [5.41, 5.74) is -0.939. The van der Waals surface area contributed by atoms with E-state index in [1.165, 1.54) is 60.5 Å². The van der Waals surface area contributed by atoms with Crippen LogP contribution in [0.4, 0.5) is 34.6 Å². The van der Waals surface area contributed by atoms with Crippen molar-refractivity contribution >= 4 is 97.5 Å². The summed E-state index contributed by atoms with van der Waals surface area (Å²) >= 11 is 6.21. The summed E-state index contributed by atoms with van der Waals surface area (Å²) in [6, 6.07) is 13.5. The predicted octanol–water partition coefficient (Wildman–Crippen LogP) is -5.22. The number of benzene rings is 4. The van der Waals surface area contributed by atoms with Crippen molar-refractivity contribution in [3.05, 3.63) is 72.0 Å². The molecule has 59 heavy (non-hydrogen) atoms. The van der Waals surface area contributed by atoms with E-state index in [-0.39, 0.29) is 145 Å². The van der Waals surface area contributed by atoms with Crippen LogP contribution >= 0.6 is 11.6 Å². The Bertz CT molecular complexity index is 2840. The molecule has 2 N–H and O–H groups in total. The molecule has 0 saturated carbocycles. The molecule has 0 radical (unpaired) electrons. The third-order valence-electron chi connectivity index (χ3n) is 7.49. The van der Waals surface area contributed by atoms with Crippen LogP contribution in [0.15, 0.2) is 91.6 Å². The Kier molecular flexibility index (Phi) is 19.1. The third-order valence-corrected chi connectivity index (χ3v) is 11.5. The zero-order chi connectivity index (χ0) is 41.2. The normalized spacial score (nSPS) is 12.0. The first-order chi connectivity index (χ1) is 26.1. The molecule has 5 aromatic rings. The van der Waals surface area contributed by atoms with Crippen LogP contribution in [0.1, 0.15) is 6.92 Å². The Morgan fingerprint density at radius 2 is 1.51 bits per heavy atom. The van der Waals surface area contributed by atoms with Gasteiger partial charge in [-0.1, -0.05) is 6.07 Å². The number of nitrogens with one attached hydrogen (secondary N) is 1. The molecule has 4 aromatic carbocycles. The van der Waals surface area contributed by atoms with Gasteiger partial charge in [0, 0.05) is 23.3 Å². The quantitative estimate of drug-likeness (QED) is 0.0429. The van der Waals surface area contributed by atoms with Crippen molar-refractivity contribution in [1.29, 1.82) is 0 Å². The van der Waals surface area contributed by atoms with Crippen LogP contribution in [0.25, 0.3) is 10.8 Å². The summed E-state index contributed by atoms with van der Waals surface area (Å²) < 4.78 is 139. The van der Waals surface area contributed by atoms with Gasteiger partial charge in [0.2, 0.25) is 27.6 Å². The molecule has 298 valence electrons. The van der Waals surface area contributed by atoms with Gasteiger partial charge in [0.05, 0.1) is 34.2 Å². The number of hydrogen-bond acceptors (Lipinski definition) is 21. The van der Waals surface area contributed by atoms with Gasteiger partial charge in [-0.3, -0.25) is 4.18 Å². The van der Waals surface area contributed by atoms with Crippen LogP contribution in [0.2, 0.25) is 5.28 Å². The molecule has 0 aliphatic carbocycles. The van der Waals surface area contributed by atoms with Crippen molar-refractivity contribution in [1.82, 2.24) is 15.0 Å². The number of azo groups is 1. The minimum absolute atomic E-state index is 0. The van der Waals surface area contributed by atoms with E-state index in [1.54, 1.807) is 6.92 Å². The average molecular weight is 940 g/mol. The Morgan fingerprint density at radius 1 is 0.831 bits per heavy atom. The maximum absolute atomic E-state index is 12.8. The molecule has 0 atom stereocenters. The van der Waals surface area contributed by atoms with Crippen molar-refractivity contribution in [2.75, 3.05) is 36.2 Å². The van der Waals surface area contributed by atoms with Gasteiger partial charge < -0.3 is 33.7 Å². The van der Waals surface area contributed by atoms with E-state index >= 15 is 0 Å². The molecule has 21 nitrogen and oxygen atoms in total. The molecular formula is C30H25ClN7Na3O14S4. The van der Waals surface area contributed by atoms with E-state index < -0.39 is 79.7 Å². The molecule has 0 aliphatic rings. The number of phenols is 1. The van der Waals surface area contributed by atoms with Crippen LogP contribution in [-0.2, 0) is 44.7 Å². The van der Waals surface area contributed by atoms with E-state index in [1.807, 2.05) is 0 Å². The number of aromatic nitrogens is 3. The molecule has 29 heteroatoms. The molecule has 0 saturated heterocycles. The second-order valence-corrected chi connectivity index (χ2v) is 17.3. The van der Waals surface area contributed by atoms with E-state index in [0.29, 0.717) is 0 Å². The van der Waals surface area contributed by atoms with Gasteiger partial charge in [-0.2, -0.15) is 15.0 Å². The number of sulfone groups is 1.